The first-order valence-electron chi connectivity index (χ1n) is 14.3. The number of alkyl halides is 3. The molecule has 2 unspecified atom stereocenters. The third-order valence-electron chi connectivity index (χ3n) is 8.23. The van der Waals surface area contributed by atoms with Crippen molar-refractivity contribution in [1.29, 1.82) is 0 Å². The summed E-state index contributed by atoms with van der Waals surface area (Å²) in [5.74, 6) is -0.690. The van der Waals surface area contributed by atoms with Crippen molar-refractivity contribution < 1.29 is 32.2 Å². The largest absolute Gasteiger partial charge is 0.389 e. The third-order valence-corrected chi connectivity index (χ3v) is 8.23. The Balaban J connectivity index is 1.29. The minimum atomic E-state index is -4.41. The van der Waals surface area contributed by atoms with Crippen LogP contribution in [-0.2, 0) is 9.59 Å². The maximum atomic E-state index is 13.6. The van der Waals surface area contributed by atoms with Gasteiger partial charge in [0, 0.05) is 18.5 Å². The maximum Gasteiger partial charge on any atom is 0.389 e. The Morgan fingerprint density at radius 2 is 1.71 bits per heavy atom. The van der Waals surface area contributed by atoms with Gasteiger partial charge in [-0.25, -0.2) is 9.61 Å². The molecule has 0 aliphatic heterocycles. The highest BCUT2D eigenvalue weighted by Crippen LogP contribution is 2.42. The number of nitrogens with one attached hydrogen (secondary N) is 3. The molecule has 41 heavy (non-hydrogen) atoms. The Bertz CT molecular complexity index is 1250. The van der Waals surface area contributed by atoms with Gasteiger partial charge in [-0.1, -0.05) is 24.9 Å². The van der Waals surface area contributed by atoms with Crippen molar-refractivity contribution in [3.8, 4) is 0 Å². The molecule has 3 N–H and O–H groups in total. The number of pyridine rings is 1. The van der Waals surface area contributed by atoms with Crippen LogP contribution in [0.3, 0.4) is 0 Å². The quantitative estimate of drug-likeness (QED) is 0.349. The lowest BCUT2D eigenvalue weighted by Gasteiger charge is -2.32. The standard InChI is InChI=1S/C28H35F3N6O4/c1-15-2-4-18(5-3-15)24(35-27(40)25-23(17-8-9-17)36-41-37-25)26(39)33-20-14-19(11-13-32-20)22(16-6-7-16)34-21(38)10-12-28(29,30)31/h11,13-18,22,24H,2-10,12H2,1H3,(H,34,38)(H,35,40)(H,32,33,39). The number of nitrogens with zero attached hydrogens (tertiary/aromatic N) is 3. The fraction of sp³-hybridized carbons (Fsp3) is 0.643. The second kappa shape index (κ2) is 12.2. The summed E-state index contributed by atoms with van der Waals surface area (Å²) in [5.41, 5.74) is 1.26. The minimum absolute atomic E-state index is 0.0882. The van der Waals surface area contributed by atoms with E-state index in [1.54, 1.807) is 12.1 Å². The number of hydrogen-bond acceptors (Lipinski definition) is 7. The monoisotopic (exact) mass is 576 g/mol. The molecule has 0 bridgehead atoms. The number of halogens is 3. The van der Waals surface area contributed by atoms with Gasteiger partial charge in [0.2, 0.25) is 11.8 Å². The number of carbonyl (C=O) groups is 3. The molecule has 3 amide bonds. The van der Waals surface area contributed by atoms with Gasteiger partial charge in [-0.3, -0.25) is 14.4 Å². The van der Waals surface area contributed by atoms with Gasteiger partial charge in [0.15, 0.2) is 5.69 Å². The Morgan fingerprint density at radius 3 is 2.37 bits per heavy atom. The zero-order chi connectivity index (χ0) is 29.1. The molecule has 0 saturated heterocycles. The molecule has 2 atom stereocenters. The van der Waals surface area contributed by atoms with E-state index < -0.39 is 48.8 Å². The van der Waals surface area contributed by atoms with E-state index in [0.717, 1.165) is 51.4 Å². The number of aromatic nitrogens is 3. The summed E-state index contributed by atoms with van der Waals surface area (Å²) in [6.45, 7) is 2.17. The van der Waals surface area contributed by atoms with E-state index in [0.29, 0.717) is 17.2 Å². The van der Waals surface area contributed by atoms with Crippen LogP contribution in [-0.4, -0.2) is 45.2 Å². The van der Waals surface area contributed by atoms with Gasteiger partial charge >= 0.3 is 6.18 Å². The summed E-state index contributed by atoms with van der Waals surface area (Å²) in [7, 11) is 0. The van der Waals surface area contributed by atoms with E-state index in [9.17, 15) is 27.6 Å². The van der Waals surface area contributed by atoms with E-state index in [1.165, 1.54) is 6.20 Å². The van der Waals surface area contributed by atoms with Crippen molar-refractivity contribution in [3.63, 3.8) is 0 Å². The number of amides is 3. The van der Waals surface area contributed by atoms with Crippen molar-refractivity contribution in [2.24, 2.45) is 17.8 Å². The number of rotatable bonds is 11. The fourth-order valence-electron chi connectivity index (χ4n) is 5.52. The molecule has 0 spiro atoms. The molecule has 0 radical (unpaired) electrons. The summed E-state index contributed by atoms with van der Waals surface area (Å²) in [6.07, 6.45) is 2.15. The summed E-state index contributed by atoms with van der Waals surface area (Å²) in [4.78, 5) is 43.3. The van der Waals surface area contributed by atoms with Crippen molar-refractivity contribution in [3.05, 3.63) is 35.3 Å². The summed E-state index contributed by atoms with van der Waals surface area (Å²) in [5, 5.41) is 16.1. The average Bonchev–Trinajstić information content (AvgIpc) is 3.88. The maximum absolute atomic E-state index is 13.6. The Kier molecular flexibility index (Phi) is 8.60. The number of carbonyl (C=O) groups excluding carboxylic acids is 3. The number of hydrogen-bond donors (Lipinski definition) is 3. The summed E-state index contributed by atoms with van der Waals surface area (Å²) < 4.78 is 42.6. The lowest BCUT2D eigenvalue weighted by Crippen LogP contribution is -2.49. The van der Waals surface area contributed by atoms with E-state index in [1.807, 2.05) is 0 Å². The van der Waals surface area contributed by atoms with Crippen LogP contribution in [0.1, 0.15) is 105 Å². The summed E-state index contributed by atoms with van der Waals surface area (Å²) in [6, 6.07) is 1.98. The van der Waals surface area contributed by atoms with Crippen LogP contribution in [0, 0.1) is 17.8 Å². The smallest absolute Gasteiger partial charge is 0.349 e. The lowest BCUT2D eigenvalue weighted by molar-refractivity contribution is -0.144. The molecular formula is C28H35F3N6O4. The van der Waals surface area contributed by atoms with Gasteiger partial charge in [0.1, 0.15) is 17.6 Å². The highest BCUT2D eigenvalue weighted by atomic mass is 19.4. The van der Waals surface area contributed by atoms with Crippen LogP contribution < -0.4 is 16.0 Å². The first-order chi connectivity index (χ1) is 19.6. The molecule has 2 aromatic rings. The van der Waals surface area contributed by atoms with Gasteiger partial charge in [-0.05, 0) is 79.1 Å². The second-order valence-electron chi connectivity index (χ2n) is 11.7. The van der Waals surface area contributed by atoms with E-state index in [2.05, 4.69) is 38.2 Å². The molecule has 10 nitrogen and oxygen atoms in total. The van der Waals surface area contributed by atoms with Crippen LogP contribution in [0.2, 0.25) is 0 Å². The molecule has 2 aromatic heterocycles. The first-order valence-corrected chi connectivity index (χ1v) is 14.3. The second-order valence-corrected chi connectivity index (χ2v) is 11.7. The molecule has 3 aliphatic carbocycles. The van der Waals surface area contributed by atoms with Crippen LogP contribution in [0.4, 0.5) is 19.0 Å². The van der Waals surface area contributed by atoms with Gasteiger partial charge in [-0.15, -0.1) is 0 Å². The van der Waals surface area contributed by atoms with Crippen molar-refractivity contribution in [2.75, 3.05) is 5.32 Å². The molecule has 0 aromatic carbocycles. The van der Waals surface area contributed by atoms with Crippen LogP contribution in [0.25, 0.3) is 0 Å². The van der Waals surface area contributed by atoms with Gasteiger partial charge < -0.3 is 16.0 Å². The Hall–Kier alpha value is -3.51. The molecule has 3 aliphatic rings. The Labute approximate surface area is 235 Å². The predicted octanol–water partition coefficient (Wildman–Crippen LogP) is 4.82. The topological polar surface area (TPSA) is 139 Å². The van der Waals surface area contributed by atoms with E-state index in [-0.39, 0.29) is 29.3 Å². The van der Waals surface area contributed by atoms with Crippen molar-refractivity contribution >= 4 is 23.5 Å². The van der Waals surface area contributed by atoms with Crippen molar-refractivity contribution in [2.45, 2.75) is 95.3 Å². The van der Waals surface area contributed by atoms with Crippen LogP contribution in [0.5, 0.6) is 0 Å². The zero-order valence-corrected chi connectivity index (χ0v) is 22.9. The molecular weight excluding hydrogens is 541 g/mol. The molecule has 13 heteroatoms. The molecule has 5 rings (SSSR count). The van der Waals surface area contributed by atoms with Gasteiger partial charge in [0.05, 0.1) is 12.5 Å². The molecule has 3 saturated carbocycles. The molecule has 2 heterocycles. The molecule has 3 fully saturated rings. The van der Waals surface area contributed by atoms with Gasteiger partial charge in [0.25, 0.3) is 5.91 Å². The van der Waals surface area contributed by atoms with E-state index >= 15 is 0 Å². The predicted molar refractivity (Wildman–Crippen MR) is 140 cm³/mol. The van der Waals surface area contributed by atoms with Crippen LogP contribution >= 0.6 is 0 Å². The highest BCUT2D eigenvalue weighted by molar-refractivity contribution is 6.00. The van der Waals surface area contributed by atoms with Crippen LogP contribution in [0.15, 0.2) is 23.0 Å². The minimum Gasteiger partial charge on any atom is -0.349 e. The zero-order valence-electron chi connectivity index (χ0n) is 22.9. The molecule has 222 valence electrons. The lowest BCUT2D eigenvalue weighted by atomic mass is 9.79. The number of anilines is 1. The highest BCUT2D eigenvalue weighted by Gasteiger charge is 2.38. The van der Waals surface area contributed by atoms with E-state index in [4.69, 9.17) is 4.63 Å². The average molecular weight is 577 g/mol. The SMILES string of the molecule is CC1CCC(C(NC(=O)c2nonc2C2CC2)C(=O)Nc2cc(C(NC(=O)CCC(F)(F)F)C3CC3)ccn2)CC1. The van der Waals surface area contributed by atoms with Crippen molar-refractivity contribution in [1.82, 2.24) is 25.9 Å². The van der Waals surface area contributed by atoms with Gasteiger partial charge in [-0.2, -0.15) is 13.2 Å². The first kappa shape index (κ1) is 29.0. The fourth-order valence-corrected chi connectivity index (χ4v) is 5.52. The third kappa shape index (κ3) is 7.82. The summed E-state index contributed by atoms with van der Waals surface area (Å²) >= 11 is 0. The Morgan fingerprint density at radius 1 is 1.00 bits per heavy atom. The normalized spacial score (nSPS) is 22.4.